The van der Waals surface area contributed by atoms with Crippen molar-refractivity contribution in [2.75, 3.05) is 0 Å². The fourth-order valence-electron chi connectivity index (χ4n) is 2.88. The van der Waals surface area contributed by atoms with Crippen molar-refractivity contribution in [3.63, 3.8) is 0 Å². The normalized spacial score (nSPS) is 16.6. The smallest absolute Gasteiger partial charge is 0.243 e. The van der Waals surface area contributed by atoms with E-state index >= 15 is 0 Å². The van der Waals surface area contributed by atoms with E-state index in [-0.39, 0.29) is 5.91 Å². The maximum Gasteiger partial charge on any atom is 0.243 e. The van der Waals surface area contributed by atoms with Gasteiger partial charge in [0.25, 0.3) is 0 Å². The zero-order valence-electron chi connectivity index (χ0n) is 13.5. The van der Waals surface area contributed by atoms with Crippen LogP contribution >= 0.6 is 15.9 Å². The van der Waals surface area contributed by atoms with E-state index in [1.54, 1.807) is 0 Å². The van der Waals surface area contributed by atoms with Gasteiger partial charge in [0.1, 0.15) is 0 Å². The summed E-state index contributed by atoms with van der Waals surface area (Å²) >= 11 is 3.46. The summed E-state index contributed by atoms with van der Waals surface area (Å²) in [7, 11) is 0. The standard InChI is InChI=1S/C20H15BrN2O2/c1-13(24)23-20(17-7-4-8-18(21)12-17)25-19(22-23)16-10-9-14-5-2-3-6-15(14)11-16/h2-12,20H,1H3/t20-/m1/s1. The molecule has 0 saturated heterocycles. The van der Waals surface area contributed by atoms with E-state index < -0.39 is 6.23 Å². The molecule has 0 spiro atoms. The minimum atomic E-state index is -0.559. The first kappa shape index (κ1) is 15.8. The van der Waals surface area contributed by atoms with Crippen LogP contribution in [0.5, 0.6) is 0 Å². The second kappa shape index (κ2) is 6.33. The molecule has 25 heavy (non-hydrogen) atoms. The summed E-state index contributed by atoms with van der Waals surface area (Å²) in [4.78, 5) is 12.0. The van der Waals surface area contributed by atoms with Crippen LogP contribution in [0.3, 0.4) is 0 Å². The van der Waals surface area contributed by atoms with Crippen LogP contribution in [0, 0.1) is 0 Å². The van der Waals surface area contributed by atoms with Crippen molar-refractivity contribution < 1.29 is 9.53 Å². The van der Waals surface area contributed by atoms with E-state index in [0.717, 1.165) is 26.4 Å². The Morgan fingerprint density at radius 1 is 1.04 bits per heavy atom. The number of hydrogen-bond donors (Lipinski definition) is 0. The van der Waals surface area contributed by atoms with Gasteiger partial charge in [0.2, 0.25) is 18.0 Å². The summed E-state index contributed by atoms with van der Waals surface area (Å²) in [6.45, 7) is 1.49. The predicted molar refractivity (Wildman–Crippen MR) is 101 cm³/mol. The van der Waals surface area contributed by atoms with Crippen molar-refractivity contribution >= 4 is 38.5 Å². The number of fused-ring (bicyclic) bond motifs is 1. The molecule has 0 unspecified atom stereocenters. The van der Waals surface area contributed by atoms with E-state index in [2.05, 4.69) is 27.1 Å². The molecule has 0 saturated carbocycles. The van der Waals surface area contributed by atoms with Crippen molar-refractivity contribution in [3.05, 3.63) is 82.3 Å². The summed E-state index contributed by atoms with van der Waals surface area (Å²) in [5.41, 5.74) is 1.71. The molecule has 0 aliphatic carbocycles. The number of hydrazone groups is 1. The van der Waals surface area contributed by atoms with Crippen LogP contribution < -0.4 is 0 Å². The van der Waals surface area contributed by atoms with Crippen LogP contribution in [0.15, 0.2) is 76.3 Å². The van der Waals surface area contributed by atoms with Gasteiger partial charge in [-0.3, -0.25) is 4.79 Å². The van der Waals surface area contributed by atoms with E-state index in [0.29, 0.717) is 5.90 Å². The van der Waals surface area contributed by atoms with Crippen molar-refractivity contribution in [1.29, 1.82) is 0 Å². The molecule has 0 N–H and O–H groups in total. The minimum absolute atomic E-state index is 0.166. The monoisotopic (exact) mass is 394 g/mol. The number of benzene rings is 3. The van der Waals surface area contributed by atoms with Crippen LogP contribution in [0.4, 0.5) is 0 Å². The van der Waals surface area contributed by atoms with Gasteiger partial charge in [0.15, 0.2) is 0 Å². The minimum Gasteiger partial charge on any atom is -0.446 e. The van der Waals surface area contributed by atoms with E-state index in [1.165, 1.54) is 11.9 Å². The van der Waals surface area contributed by atoms with Gasteiger partial charge in [-0.05, 0) is 35.0 Å². The Hall–Kier alpha value is -2.66. The molecule has 4 nitrogen and oxygen atoms in total. The fraction of sp³-hybridized carbons (Fsp3) is 0.100. The quantitative estimate of drug-likeness (QED) is 0.623. The van der Waals surface area contributed by atoms with Gasteiger partial charge in [-0.15, -0.1) is 5.10 Å². The summed E-state index contributed by atoms with van der Waals surface area (Å²) < 4.78 is 6.97. The zero-order chi connectivity index (χ0) is 17.4. The average molecular weight is 395 g/mol. The number of amides is 1. The molecule has 1 amide bonds. The number of carbonyl (C=O) groups is 1. The Morgan fingerprint density at radius 2 is 1.84 bits per heavy atom. The van der Waals surface area contributed by atoms with E-state index in [9.17, 15) is 4.79 Å². The topological polar surface area (TPSA) is 41.9 Å². The molecule has 0 radical (unpaired) electrons. The number of hydrogen-bond acceptors (Lipinski definition) is 3. The third-order valence-corrected chi connectivity index (χ3v) is 4.59. The molecule has 0 aromatic heterocycles. The maximum absolute atomic E-state index is 12.0. The lowest BCUT2D eigenvalue weighted by Crippen LogP contribution is -2.25. The average Bonchev–Trinajstić information content (AvgIpc) is 3.07. The molecular formula is C20H15BrN2O2. The lowest BCUT2D eigenvalue weighted by atomic mass is 10.1. The van der Waals surface area contributed by atoms with Crippen molar-refractivity contribution in [2.24, 2.45) is 5.10 Å². The first-order chi connectivity index (χ1) is 12.1. The summed E-state index contributed by atoms with van der Waals surface area (Å²) in [6, 6.07) is 21.8. The number of nitrogens with zero attached hydrogens (tertiary/aromatic N) is 2. The lowest BCUT2D eigenvalue weighted by Gasteiger charge is -2.19. The van der Waals surface area contributed by atoms with Crippen LogP contribution in [0.2, 0.25) is 0 Å². The summed E-state index contributed by atoms with van der Waals surface area (Å²) in [5.74, 6) is 0.284. The second-order valence-corrected chi connectivity index (χ2v) is 6.77. The molecular weight excluding hydrogens is 380 g/mol. The molecule has 5 heteroatoms. The lowest BCUT2D eigenvalue weighted by molar-refractivity contribution is -0.135. The van der Waals surface area contributed by atoms with Gasteiger partial charge in [0, 0.05) is 22.5 Å². The Morgan fingerprint density at radius 3 is 2.60 bits per heavy atom. The van der Waals surface area contributed by atoms with Gasteiger partial charge < -0.3 is 4.74 Å². The third kappa shape index (κ3) is 3.03. The fourth-order valence-corrected chi connectivity index (χ4v) is 3.30. The molecule has 124 valence electrons. The molecule has 4 rings (SSSR count). The molecule has 3 aromatic rings. The molecule has 0 bridgehead atoms. The number of halogens is 1. The largest absolute Gasteiger partial charge is 0.446 e. The van der Waals surface area contributed by atoms with E-state index in [4.69, 9.17) is 4.74 Å². The highest BCUT2D eigenvalue weighted by molar-refractivity contribution is 9.10. The summed E-state index contributed by atoms with van der Waals surface area (Å²) in [5, 5.41) is 8.05. The van der Waals surface area contributed by atoms with Crippen LogP contribution in [0.1, 0.15) is 24.3 Å². The van der Waals surface area contributed by atoms with Gasteiger partial charge in [0.05, 0.1) is 0 Å². The Labute approximate surface area is 153 Å². The number of ether oxygens (including phenoxy) is 1. The molecule has 1 atom stereocenters. The molecule has 1 aliphatic rings. The first-order valence-electron chi connectivity index (χ1n) is 7.91. The summed E-state index contributed by atoms with van der Waals surface area (Å²) in [6.07, 6.45) is -0.559. The van der Waals surface area contributed by atoms with Crippen molar-refractivity contribution in [3.8, 4) is 0 Å². The molecule has 1 aliphatic heterocycles. The Kier molecular flexibility index (Phi) is 4.01. The predicted octanol–water partition coefficient (Wildman–Crippen LogP) is 4.84. The second-order valence-electron chi connectivity index (χ2n) is 5.86. The number of carbonyl (C=O) groups excluding carboxylic acids is 1. The van der Waals surface area contributed by atoms with Crippen LogP contribution in [-0.2, 0) is 9.53 Å². The highest BCUT2D eigenvalue weighted by Gasteiger charge is 2.33. The third-order valence-electron chi connectivity index (χ3n) is 4.10. The van der Waals surface area contributed by atoms with Gasteiger partial charge in [-0.25, -0.2) is 0 Å². The SMILES string of the molecule is CC(=O)N1N=C(c2ccc3ccccc3c2)O[C@@H]1c1cccc(Br)c1. The highest BCUT2D eigenvalue weighted by atomic mass is 79.9. The zero-order valence-corrected chi connectivity index (χ0v) is 15.1. The Bertz CT molecular complexity index is 1000. The maximum atomic E-state index is 12.0. The van der Waals surface area contributed by atoms with Gasteiger partial charge in [-0.2, -0.15) is 5.01 Å². The van der Waals surface area contributed by atoms with Crippen molar-refractivity contribution in [2.45, 2.75) is 13.2 Å². The molecule has 0 fully saturated rings. The van der Waals surface area contributed by atoms with Crippen LogP contribution in [0.25, 0.3) is 10.8 Å². The Balaban J connectivity index is 1.72. The van der Waals surface area contributed by atoms with Crippen LogP contribution in [-0.4, -0.2) is 16.8 Å². The van der Waals surface area contributed by atoms with Crippen molar-refractivity contribution in [1.82, 2.24) is 5.01 Å². The van der Waals surface area contributed by atoms with Gasteiger partial charge >= 0.3 is 0 Å². The molecule has 1 heterocycles. The van der Waals surface area contributed by atoms with E-state index in [1.807, 2.05) is 60.7 Å². The number of rotatable bonds is 2. The molecule has 3 aromatic carbocycles. The first-order valence-corrected chi connectivity index (χ1v) is 8.71. The highest BCUT2D eigenvalue weighted by Crippen LogP contribution is 2.32. The van der Waals surface area contributed by atoms with Gasteiger partial charge in [-0.1, -0.05) is 58.4 Å².